The van der Waals surface area contributed by atoms with Crippen molar-refractivity contribution < 1.29 is 14.3 Å². The average Bonchev–Trinajstić information content (AvgIpc) is 3.14. The number of aliphatic imine (C=N–C) groups is 1. The lowest BCUT2D eigenvalue weighted by Gasteiger charge is -2.41. The largest absolute Gasteiger partial charge is 0.462 e. The summed E-state index contributed by atoms with van der Waals surface area (Å²) in [6.07, 6.45) is 5.79. The highest BCUT2D eigenvalue weighted by Gasteiger charge is 2.28. The molecule has 2 fully saturated rings. The van der Waals surface area contributed by atoms with Gasteiger partial charge >= 0.3 is 5.97 Å². The number of morpholine rings is 1. The van der Waals surface area contributed by atoms with E-state index in [1.54, 1.807) is 7.05 Å². The van der Waals surface area contributed by atoms with Crippen LogP contribution in [0.5, 0.6) is 0 Å². The molecular formula is C19H36N4O3. The van der Waals surface area contributed by atoms with E-state index in [2.05, 4.69) is 34.4 Å². The highest BCUT2D eigenvalue weighted by Crippen LogP contribution is 2.21. The van der Waals surface area contributed by atoms with Gasteiger partial charge in [0.25, 0.3) is 0 Å². The fourth-order valence-electron chi connectivity index (χ4n) is 3.49. The molecule has 1 saturated heterocycles. The molecular weight excluding hydrogens is 332 g/mol. The Labute approximate surface area is 157 Å². The first-order valence-corrected chi connectivity index (χ1v) is 9.98. The third-order valence-electron chi connectivity index (χ3n) is 5.23. The number of carbonyl (C=O) groups excluding carboxylic acids is 1. The normalized spacial score (nSPS) is 20.2. The SMILES string of the molecule is CN=C(NCCCC(=O)OC1CCCC1)NCC(C)(C)N1CCOCC1. The monoisotopic (exact) mass is 368 g/mol. The van der Waals surface area contributed by atoms with Crippen LogP contribution in [-0.2, 0) is 14.3 Å². The van der Waals surface area contributed by atoms with Gasteiger partial charge in [0.05, 0.1) is 13.2 Å². The molecule has 0 spiro atoms. The van der Waals surface area contributed by atoms with Crippen molar-refractivity contribution in [2.24, 2.45) is 4.99 Å². The average molecular weight is 369 g/mol. The summed E-state index contributed by atoms with van der Waals surface area (Å²) in [7, 11) is 1.77. The van der Waals surface area contributed by atoms with Gasteiger partial charge in [0.15, 0.2) is 5.96 Å². The van der Waals surface area contributed by atoms with Crippen molar-refractivity contribution in [2.45, 2.75) is 64.0 Å². The molecule has 0 radical (unpaired) electrons. The number of nitrogens with zero attached hydrogens (tertiary/aromatic N) is 2. The smallest absolute Gasteiger partial charge is 0.306 e. The molecule has 2 rings (SSSR count). The van der Waals surface area contributed by atoms with Crippen molar-refractivity contribution in [2.75, 3.05) is 46.4 Å². The standard InChI is InChI=1S/C19H36N4O3/c1-19(2,23-11-13-25-14-12-23)15-22-18(20-3)21-10-6-9-17(24)26-16-7-4-5-8-16/h16H,4-15H2,1-3H3,(H2,20,21,22). The molecule has 2 aliphatic rings. The number of ether oxygens (including phenoxy) is 2. The van der Waals surface area contributed by atoms with Crippen LogP contribution in [0.2, 0.25) is 0 Å². The Morgan fingerprint density at radius 3 is 2.58 bits per heavy atom. The van der Waals surface area contributed by atoms with E-state index in [9.17, 15) is 4.79 Å². The van der Waals surface area contributed by atoms with Gasteiger partial charge in [-0.1, -0.05) is 0 Å². The van der Waals surface area contributed by atoms with Gasteiger partial charge in [-0.3, -0.25) is 14.7 Å². The molecule has 0 amide bonds. The number of esters is 1. The van der Waals surface area contributed by atoms with Crippen LogP contribution in [-0.4, -0.2) is 74.9 Å². The zero-order valence-electron chi connectivity index (χ0n) is 16.7. The van der Waals surface area contributed by atoms with E-state index in [1.165, 1.54) is 12.8 Å². The van der Waals surface area contributed by atoms with E-state index in [1.807, 2.05) is 0 Å². The second kappa shape index (κ2) is 10.7. The Balaban J connectivity index is 1.60. The molecule has 0 aromatic rings. The minimum Gasteiger partial charge on any atom is -0.462 e. The third-order valence-corrected chi connectivity index (χ3v) is 5.23. The first-order chi connectivity index (χ1) is 12.5. The van der Waals surface area contributed by atoms with Crippen molar-refractivity contribution in [1.82, 2.24) is 15.5 Å². The van der Waals surface area contributed by atoms with E-state index < -0.39 is 0 Å². The summed E-state index contributed by atoms with van der Waals surface area (Å²) >= 11 is 0. The molecule has 0 atom stereocenters. The topological polar surface area (TPSA) is 75.2 Å². The van der Waals surface area contributed by atoms with Crippen LogP contribution in [0.4, 0.5) is 0 Å². The Kier molecular flexibility index (Phi) is 8.65. The van der Waals surface area contributed by atoms with Gasteiger partial charge in [0, 0.05) is 45.2 Å². The van der Waals surface area contributed by atoms with E-state index in [0.29, 0.717) is 13.0 Å². The zero-order chi connectivity index (χ0) is 18.8. The number of rotatable bonds is 8. The molecule has 1 saturated carbocycles. The molecule has 1 heterocycles. The van der Waals surface area contributed by atoms with Gasteiger partial charge in [-0.05, 0) is 46.0 Å². The van der Waals surface area contributed by atoms with E-state index >= 15 is 0 Å². The molecule has 1 aliphatic heterocycles. The molecule has 2 N–H and O–H groups in total. The maximum atomic E-state index is 11.8. The molecule has 26 heavy (non-hydrogen) atoms. The van der Waals surface area contributed by atoms with Crippen molar-refractivity contribution in [3.8, 4) is 0 Å². The predicted molar refractivity (Wildman–Crippen MR) is 103 cm³/mol. The molecule has 0 aromatic heterocycles. The Morgan fingerprint density at radius 1 is 1.23 bits per heavy atom. The molecule has 7 heteroatoms. The van der Waals surface area contributed by atoms with Gasteiger partial charge in [0.2, 0.25) is 0 Å². The number of hydrogen-bond acceptors (Lipinski definition) is 5. The summed E-state index contributed by atoms with van der Waals surface area (Å²) < 4.78 is 10.9. The Hall–Kier alpha value is -1.34. The van der Waals surface area contributed by atoms with Crippen LogP contribution in [0.1, 0.15) is 52.4 Å². The van der Waals surface area contributed by atoms with Crippen LogP contribution < -0.4 is 10.6 Å². The fraction of sp³-hybridized carbons (Fsp3) is 0.895. The second-order valence-corrected chi connectivity index (χ2v) is 7.76. The molecule has 150 valence electrons. The van der Waals surface area contributed by atoms with Crippen LogP contribution in [0.3, 0.4) is 0 Å². The summed E-state index contributed by atoms with van der Waals surface area (Å²) in [5, 5.41) is 6.68. The Bertz CT molecular complexity index is 456. The minimum absolute atomic E-state index is 0.0342. The number of hydrogen-bond donors (Lipinski definition) is 2. The maximum Gasteiger partial charge on any atom is 0.306 e. The molecule has 0 bridgehead atoms. The maximum absolute atomic E-state index is 11.8. The quantitative estimate of drug-likeness (QED) is 0.293. The van der Waals surface area contributed by atoms with Crippen LogP contribution in [0.25, 0.3) is 0 Å². The van der Waals surface area contributed by atoms with Crippen LogP contribution in [0.15, 0.2) is 4.99 Å². The van der Waals surface area contributed by atoms with Crippen molar-refractivity contribution in [1.29, 1.82) is 0 Å². The number of carbonyl (C=O) groups is 1. The summed E-state index contributed by atoms with van der Waals surface area (Å²) in [4.78, 5) is 18.5. The first-order valence-electron chi connectivity index (χ1n) is 9.98. The van der Waals surface area contributed by atoms with Crippen molar-refractivity contribution in [3.05, 3.63) is 0 Å². The molecule has 0 aromatic carbocycles. The number of nitrogens with one attached hydrogen (secondary N) is 2. The number of guanidine groups is 1. The summed E-state index contributed by atoms with van der Waals surface area (Å²) in [6, 6.07) is 0. The molecule has 7 nitrogen and oxygen atoms in total. The highest BCUT2D eigenvalue weighted by atomic mass is 16.5. The molecule has 1 aliphatic carbocycles. The highest BCUT2D eigenvalue weighted by molar-refractivity contribution is 5.79. The summed E-state index contributed by atoms with van der Waals surface area (Å²) in [5.41, 5.74) is 0.0342. The predicted octanol–water partition coefficient (Wildman–Crippen LogP) is 1.53. The van der Waals surface area contributed by atoms with Crippen LogP contribution in [0, 0.1) is 0 Å². The van der Waals surface area contributed by atoms with Gasteiger partial charge in [-0.25, -0.2) is 0 Å². The van der Waals surface area contributed by atoms with E-state index in [0.717, 1.165) is 58.1 Å². The van der Waals surface area contributed by atoms with Crippen molar-refractivity contribution in [3.63, 3.8) is 0 Å². The van der Waals surface area contributed by atoms with Gasteiger partial charge in [-0.15, -0.1) is 0 Å². The van der Waals surface area contributed by atoms with Crippen LogP contribution >= 0.6 is 0 Å². The lowest BCUT2D eigenvalue weighted by molar-refractivity contribution is -0.148. The summed E-state index contributed by atoms with van der Waals surface area (Å²) in [6.45, 7) is 9.50. The molecule has 0 unspecified atom stereocenters. The fourth-order valence-corrected chi connectivity index (χ4v) is 3.49. The minimum atomic E-state index is -0.0740. The first kappa shape index (κ1) is 21.0. The zero-order valence-corrected chi connectivity index (χ0v) is 16.7. The lowest BCUT2D eigenvalue weighted by Crippen LogP contribution is -2.56. The third kappa shape index (κ3) is 7.11. The Morgan fingerprint density at radius 2 is 1.92 bits per heavy atom. The lowest BCUT2D eigenvalue weighted by atomic mass is 10.0. The van der Waals surface area contributed by atoms with E-state index in [-0.39, 0.29) is 17.6 Å². The van der Waals surface area contributed by atoms with Gasteiger partial charge in [-0.2, -0.15) is 0 Å². The second-order valence-electron chi connectivity index (χ2n) is 7.76. The van der Waals surface area contributed by atoms with Gasteiger partial charge in [0.1, 0.15) is 6.10 Å². The van der Waals surface area contributed by atoms with Crippen molar-refractivity contribution >= 4 is 11.9 Å². The summed E-state index contributed by atoms with van der Waals surface area (Å²) in [5.74, 6) is 0.700. The van der Waals surface area contributed by atoms with E-state index in [4.69, 9.17) is 9.47 Å². The van der Waals surface area contributed by atoms with Gasteiger partial charge < -0.3 is 20.1 Å².